The number of nitrogens with one attached hydrogen (secondary N) is 1. The highest BCUT2D eigenvalue weighted by molar-refractivity contribution is 9.10. The zero-order valence-electron chi connectivity index (χ0n) is 9.55. The normalized spacial score (nSPS) is 11.1. The summed E-state index contributed by atoms with van der Waals surface area (Å²) in [6, 6.07) is 1.84. The van der Waals surface area contributed by atoms with Crippen LogP contribution in [0.3, 0.4) is 0 Å². The van der Waals surface area contributed by atoms with Gasteiger partial charge in [0.15, 0.2) is 17.0 Å². The Bertz CT molecular complexity index is 897. The van der Waals surface area contributed by atoms with Crippen LogP contribution in [0.15, 0.2) is 25.5 Å². The number of aromatic nitrogens is 5. The predicted octanol–water partition coefficient (Wildman–Crippen LogP) is 0.903. The number of fused-ring (bicyclic) bond motifs is 1. The Hall–Kier alpha value is -1.87. The maximum atomic E-state index is 11.9. The number of hydrogen-bond donors (Lipinski definition) is 1. The van der Waals surface area contributed by atoms with E-state index in [1.807, 2.05) is 11.4 Å². The topological polar surface area (TPSA) is 93.5 Å². The molecule has 96 valence electrons. The highest BCUT2D eigenvalue weighted by Gasteiger charge is 2.11. The van der Waals surface area contributed by atoms with Gasteiger partial charge in [-0.3, -0.25) is 14.3 Å². The van der Waals surface area contributed by atoms with Crippen molar-refractivity contribution >= 4 is 38.4 Å². The molecule has 0 bridgehead atoms. The Kier molecular flexibility index (Phi) is 2.79. The molecule has 3 heterocycles. The molecule has 1 N–H and O–H groups in total. The second-order valence-corrected chi connectivity index (χ2v) is 5.58. The first kappa shape index (κ1) is 12.2. The first-order valence-electron chi connectivity index (χ1n) is 5.14. The summed E-state index contributed by atoms with van der Waals surface area (Å²) in [4.78, 5) is 30.8. The van der Waals surface area contributed by atoms with E-state index < -0.39 is 11.2 Å². The molecule has 0 aromatic carbocycles. The monoisotopic (exact) mass is 339 g/mol. The Morgan fingerprint density at radius 3 is 2.84 bits per heavy atom. The summed E-state index contributed by atoms with van der Waals surface area (Å²) in [5, 5.41) is 9.63. The summed E-state index contributed by atoms with van der Waals surface area (Å²) in [6.07, 6.45) is 0. The summed E-state index contributed by atoms with van der Waals surface area (Å²) in [5.74, 6) is 0.354. The van der Waals surface area contributed by atoms with E-state index in [0.29, 0.717) is 5.82 Å². The summed E-state index contributed by atoms with van der Waals surface area (Å²) in [5.41, 5.74) is -0.852. The highest BCUT2D eigenvalue weighted by atomic mass is 79.9. The van der Waals surface area contributed by atoms with Crippen LogP contribution < -0.4 is 11.2 Å². The van der Waals surface area contributed by atoms with Crippen LogP contribution in [0.1, 0.15) is 0 Å². The van der Waals surface area contributed by atoms with Crippen molar-refractivity contribution in [1.29, 1.82) is 0 Å². The molecule has 3 rings (SSSR count). The predicted molar refractivity (Wildman–Crippen MR) is 74.2 cm³/mol. The van der Waals surface area contributed by atoms with E-state index in [0.717, 1.165) is 13.9 Å². The van der Waals surface area contributed by atoms with Gasteiger partial charge in [-0.2, -0.15) is 0 Å². The quantitative estimate of drug-likeness (QED) is 0.710. The average Bonchev–Trinajstić information content (AvgIpc) is 2.83. The van der Waals surface area contributed by atoms with Gasteiger partial charge in [-0.25, -0.2) is 9.78 Å². The Balaban J connectivity index is 2.32. The summed E-state index contributed by atoms with van der Waals surface area (Å²) >= 11 is 4.77. The van der Waals surface area contributed by atoms with Gasteiger partial charge in [-0.1, -0.05) is 0 Å². The van der Waals surface area contributed by atoms with E-state index in [9.17, 15) is 9.59 Å². The van der Waals surface area contributed by atoms with Gasteiger partial charge in [0.2, 0.25) is 0 Å². The van der Waals surface area contributed by atoms with Gasteiger partial charge < -0.3 is 0 Å². The van der Waals surface area contributed by atoms with Gasteiger partial charge in [0.05, 0.1) is 4.88 Å². The SMILES string of the molecule is Cn1c(=O)[nH]c2nnc(-c3cc(Br)cs3)nc2c1=O. The molecule has 0 aliphatic heterocycles. The minimum atomic E-state index is -0.541. The standard InChI is InChI=1S/C10H6BrN5O2S/c1-16-9(17)6-8(13-10(16)18)15-14-7(12-6)5-2-4(11)3-19-5/h2-3H,1H3,(H,13,15,18). The molecule has 3 aromatic rings. The second kappa shape index (κ2) is 4.35. The minimum Gasteiger partial charge on any atom is -0.288 e. The van der Waals surface area contributed by atoms with Gasteiger partial charge >= 0.3 is 5.69 Å². The van der Waals surface area contributed by atoms with Crippen molar-refractivity contribution in [1.82, 2.24) is 24.7 Å². The number of nitrogens with zero attached hydrogens (tertiary/aromatic N) is 4. The van der Waals surface area contributed by atoms with Crippen molar-refractivity contribution in [3.63, 3.8) is 0 Å². The van der Waals surface area contributed by atoms with Gasteiger partial charge in [0.25, 0.3) is 5.56 Å². The van der Waals surface area contributed by atoms with Crippen LogP contribution in [0.4, 0.5) is 0 Å². The molecule has 0 aliphatic rings. The number of thiophene rings is 1. The molecule has 0 radical (unpaired) electrons. The maximum Gasteiger partial charge on any atom is 0.329 e. The van der Waals surface area contributed by atoms with E-state index in [2.05, 4.69) is 36.1 Å². The third kappa shape index (κ3) is 2.00. The fourth-order valence-electron chi connectivity index (χ4n) is 1.53. The molecule has 0 atom stereocenters. The Morgan fingerprint density at radius 1 is 1.37 bits per heavy atom. The largest absolute Gasteiger partial charge is 0.329 e. The average molecular weight is 340 g/mol. The van der Waals surface area contributed by atoms with Crippen LogP contribution in [0, 0.1) is 0 Å². The lowest BCUT2D eigenvalue weighted by Crippen LogP contribution is -2.33. The van der Waals surface area contributed by atoms with E-state index in [1.54, 1.807) is 0 Å². The first-order chi connectivity index (χ1) is 9.06. The number of rotatable bonds is 1. The molecule has 0 unspecified atom stereocenters. The third-order valence-electron chi connectivity index (χ3n) is 2.51. The minimum absolute atomic E-state index is 0.0903. The van der Waals surface area contributed by atoms with Crippen molar-refractivity contribution in [2.45, 2.75) is 0 Å². The molecule has 0 spiro atoms. The van der Waals surface area contributed by atoms with Gasteiger partial charge in [0, 0.05) is 16.9 Å². The molecule has 0 fully saturated rings. The van der Waals surface area contributed by atoms with Crippen LogP contribution in [-0.4, -0.2) is 24.7 Å². The highest BCUT2D eigenvalue weighted by Crippen LogP contribution is 2.27. The van der Waals surface area contributed by atoms with Crippen molar-refractivity contribution in [2.75, 3.05) is 0 Å². The fraction of sp³-hybridized carbons (Fsp3) is 0.100. The first-order valence-corrected chi connectivity index (χ1v) is 6.81. The lowest BCUT2D eigenvalue weighted by atomic mass is 10.4. The number of hydrogen-bond acceptors (Lipinski definition) is 6. The molecule has 19 heavy (non-hydrogen) atoms. The fourth-order valence-corrected chi connectivity index (χ4v) is 2.89. The van der Waals surface area contributed by atoms with Gasteiger partial charge in [-0.05, 0) is 22.0 Å². The molecular formula is C10H6BrN5O2S. The second-order valence-electron chi connectivity index (χ2n) is 3.76. The molecule has 9 heteroatoms. The molecule has 0 aliphatic carbocycles. The summed E-state index contributed by atoms with van der Waals surface area (Å²) in [7, 11) is 1.38. The van der Waals surface area contributed by atoms with Crippen LogP contribution in [0.5, 0.6) is 0 Å². The molecule has 0 amide bonds. The van der Waals surface area contributed by atoms with Crippen LogP contribution >= 0.6 is 27.3 Å². The van der Waals surface area contributed by atoms with Gasteiger partial charge in [-0.15, -0.1) is 21.5 Å². The maximum absolute atomic E-state index is 11.9. The molecule has 7 nitrogen and oxygen atoms in total. The molecular weight excluding hydrogens is 334 g/mol. The van der Waals surface area contributed by atoms with Crippen LogP contribution in [0.25, 0.3) is 21.9 Å². The number of aromatic amines is 1. The van der Waals surface area contributed by atoms with Crippen molar-refractivity contribution < 1.29 is 0 Å². The molecule has 3 aromatic heterocycles. The van der Waals surface area contributed by atoms with Crippen molar-refractivity contribution in [3.8, 4) is 10.7 Å². The lowest BCUT2D eigenvalue weighted by molar-refractivity contribution is 0.781. The number of halogens is 1. The third-order valence-corrected chi connectivity index (χ3v) is 4.20. The van der Waals surface area contributed by atoms with Crippen LogP contribution in [-0.2, 0) is 7.05 Å². The summed E-state index contributed by atoms with van der Waals surface area (Å²) in [6.45, 7) is 0. The van der Waals surface area contributed by atoms with Crippen molar-refractivity contribution in [2.24, 2.45) is 7.05 Å². The lowest BCUT2D eigenvalue weighted by Gasteiger charge is -2.00. The van der Waals surface area contributed by atoms with E-state index in [1.165, 1.54) is 18.4 Å². The molecule has 0 saturated heterocycles. The van der Waals surface area contributed by atoms with E-state index in [-0.39, 0.29) is 11.2 Å². The number of H-pyrrole nitrogens is 1. The van der Waals surface area contributed by atoms with Crippen LogP contribution in [0.2, 0.25) is 0 Å². The smallest absolute Gasteiger partial charge is 0.288 e. The van der Waals surface area contributed by atoms with E-state index in [4.69, 9.17) is 0 Å². The van der Waals surface area contributed by atoms with E-state index >= 15 is 0 Å². The Morgan fingerprint density at radius 2 is 2.16 bits per heavy atom. The zero-order chi connectivity index (χ0) is 13.6. The van der Waals surface area contributed by atoms with Crippen molar-refractivity contribution in [3.05, 3.63) is 36.8 Å². The van der Waals surface area contributed by atoms with Gasteiger partial charge in [0.1, 0.15) is 0 Å². The zero-order valence-corrected chi connectivity index (χ0v) is 11.9. The molecule has 0 saturated carbocycles. The Labute approximate surface area is 118 Å². The summed E-state index contributed by atoms with van der Waals surface area (Å²) < 4.78 is 1.86.